The van der Waals surface area contributed by atoms with Gasteiger partial charge >= 0.3 is 0 Å². The largest absolute Gasteiger partial charge is 0.236 e. The Balaban J connectivity index is 2.07. The Morgan fingerprint density at radius 2 is 1.94 bits per heavy atom. The van der Waals surface area contributed by atoms with Crippen LogP contribution in [0.4, 0.5) is 0 Å². The van der Waals surface area contributed by atoms with E-state index in [1.807, 2.05) is 22.9 Å². The molecule has 0 saturated heterocycles. The topological polar surface area (TPSA) is 17.8 Å². The summed E-state index contributed by atoms with van der Waals surface area (Å²) < 4.78 is 1.98. The van der Waals surface area contributed by atoms with Crippen LogP contribution in [0.3, 0.4) is 0 Å². The van der Waals surface area contributed by atoms with Gasteiger partial charge in [0.15, 0.2) is 0 Å². The van der Waals surface area contributed by atoms with E-state index in [0.717, 1.165) is 10.7 Å². The number of benzene rings is 1. The first-order chi connectivity index (χ1) is 7.86. The lowest BCUT2D eigenvalue weighted by Crippen LogP contribution is -2.14. The summed E-state index contributed by atoms with van der Waals surface area (Å²) in [4.78, 5) is 0. The summed E-state index contributed by atoms with van der Waals surface area (Å²) in [6, 6.07) is 10.2. The normalized spacial score (nSPS) is 16.1. The maximum Gasteiger partial charge on any atom is 0.0825 e. The van der Waals surface area contributed by atoms with Crippen LogP contribution in [0.5, 0.6) is 0 Å². The van der Waals surface area contributed by atoms with Crippen molar-refractivity contribution in [2.75, 3.05) is 0 Å². The molecule has 1 saturated carbocycles. The van der Waals surface area contributed by atoms with E-state index in [9.17, 15) is 0 Å². The lowest BCUT2D eigenvalue weighted by atomic mass is 9.83. The number of para-hydroxylation sites is 1. The van der Waals surface area contributed by atoms with Crippen LogP contribution in [-0.4, -0.2) is 9.78 Å². The third-order valence-corrected chi connectivity index (χ3v) is 3.54. The smallest absolute Gasteiger partial charge is 0.0825 e. The Bertz CT molecular complexity index is 486. The standard InChI is InChI=1S/C13H13ClN2/c14-12-9-15-16(11-7-2-1-3-8-11)13(12)10-5-4-6-10/h1-3,7-10H,4-6H2. The summed E-state index contributed by atoms with van der Waals surface area (Å²) in [5.74, 6) is 0.593. The molecule has 1 aromatic heterocycles. The Morgan fingerprint density at radius 1 is 1.19 bits per heavy atom. The zero-order chi connectivity index (χ0) is 11.0. The molecular weight excluding hydrogens is 220 g/mol. The fraction of sp³-hybridized carbons (Fsp3) is 0.308. The van der Waals surface area contributed by atoms with E-state index < -0.39 is 0 Å². The molecular formula is C13H13ClN2. The van der Waals surface area contributed by atoms with Crippen LogP contribution in [-0.2, 0) is 0 Å². The van der Waals surface area contributed by atoms with E-state index in [0.29, 0.717) is 5.92 Å². The number of hydrogen-bond donors (Lipinski definition) is 0. The number of rotatable bonds is 2. The van der Waals surface area contributed by atoms with Crippen molar-refractivity contribution in [3.63, 3.8) is 0 Å². The van der Waals surface area contributed by atoms with Crippen molar-refractivity contribution < 1.29 is 0 Å². The highest BCUT2D eigenvalue weighted by Gasteiger charge is 2.26. The minimum absolute atomic E-state index is 0.593. The van der Waals surface area contributed by atoms with Crippen molar-refractivity contribution in [2.45, 2.75) is 25.2 Å². The van der Waals surface area contributed by atoms with E-state index in [2.05, 4.69) is 17.2 Å². The molecule has 0 atom stereocenters. The molecule has 1 aliphatic carbocycles. The molecule has 0 amide bonds. The first kappa shape index (κ1) is 9.91. The summed E-state index contributed by atoms with van der Waals surface area (Å²) in [6.45, 7) is 0. The second kappa shape index (κ2) is 3.95. The van der Waals surface area contributed by atoms with Gasteiger partial charge in [0, 0.05) is 5.92 Å². The van der Waals surface area contributed by atoms with Crippen LogP contribution in [0.25, 0.3) is 5.69 Å². The van der Waals surface area contributed by atoms with Crippen molar-refractivity contribution in [3.8, 4) is 5.69 Å². The van der Waals surface area contributed by atoms with Gasteiger partial charge < -0.3 is 0 Å². The van der Waals surface area contributed by atoms with Crippen LogP contribution in [0.15, 0.2) is 36.5 Å². The maximum atomic E-state index is 6.22. The third-order valence-electron chi connectivity index (χ3n) is 3.25. The molecule has 2 aromatic rings. The molecule has 0 radical (unpaired) electrons. The van der Waals surface area contributed by atoms with Gasteiger partial charge in [-0.1, -0.05) is 36.2 Å². The van der Waals surface area contributed by atoms with Crippen molar-refractivity contribution in [3.05, 3.63) is 47.2 Å². The predicted octanol–water partition coefficient (Wildman–Crippen LogP) is 3.79. The Morgan fingerprint density at radius 3 is 2.56 bits per heavy atom. The van der Waals surface area contributed by atoms with Gasteiger partial charge in [0.2, 0.25) is 0 Å². The summed E-state index contributed by atoms with van der Waals surface area (Å²) in [6.07, 6.45) is 5.53. The molecule has 0 N–H and O–H groups in total. The molecule has 82 valence electrons. The predicted molar refractivity (Wildman–Crippen MR) is 65.2 cm³/mol. The van der Waals surface area contributed by atoms with Gasteiger partial charge in [-0.2, -0.15) is 5.10 Å². The van der Waals surface area contributed by atoms with E-state index in [-0.39, 0.29) is 0 Å². The molecule has 3 rings (SSSR count). The maximum absolute atomic E-state index is 6.22. The lowest BCUT2D eigenvalue weighted by Gasteiger charge is -2.26. The molecule has 0 unspecified atom stereocenters. The van der Waals surface area contributed by atoms with Gasteiger partial charge in [0.05, 0.1) is 22.6 Å². The molecule has 3 heteroatoms. The van der Waals surface area contributed by atoms with Crippen LogP contribution >= 0.6 is 11.6 Å². The van der Waals surface area contributed by atoms with Gasteiger partial charge in [-0.3, -0.25) is 0 Å². The first-order valence-electron chi connectivity index (χ1n) is 5.65. The summed E-state index contributed by atoms with van der Waals surface area (Å²) in [7, 11) is 0. The lowest BCUT2D eigenvalue weighted by molar-refractivity contribution is 0.403. The quantitative estimate of drug-likeness (QED) is 0.770. The molecule has 0 bridgehead atoms. The highest BCUT2D eigenvalue weighted by molar-refractivity contribution is 6.31. The molecule has 0 aliphatic heterocycles. The second-order valence-corrected chi connectivity index (χ2v) is 4.66. The molecule has 2 nitrogen and oxygen atoms in total. The molecule has 16 heavy (non-hydrogen) atoms. The molecule has 1 aromatic carbocycles. The number of halogens is 1. The van der Waals surface area contributed by atoms with E-state index in [1.54, 1.807) is 6.20 Å². The fourth-order valence-electron chi connectivity index (χ4n) is 2.16. The number of nitrogens with zero attached hydrogens (tertiary/aromatic N) is 2. The van der Waals surface area contributed by atoms with Crippen molar-refractivity contribution >= 4 is 11.6 Å². The summed E-state index contributed by atoms with van der Waals surface area (Å²) >= 11 is 6.22. The zero-order valence-electron chi connectivity index (χ0n) is 8.94. The second-order valence-electron chi connectivity index (χ2n) is 4.25. The minimum Gasteiger partial charge on any atom is -0.236 e. The van der Waals surface area contributed by atoms with Crippen molar-refractivity contribution in [2.24, 2.45) is 0 Å². The molecule has 0 spiro atoms. The Hall–Kier alpha value is -1.28. The van der Waals surface area contributed by atoms with Crippen LogP contribution in [0.2, 0.25) is 5.02 Å². The molecule has 1 heterocycles. The average Bonchev–Trinajstić information content (AvgIpc) is 2.60. The van der Waals surface area contributed by atoms with Crippen LogP contribution in [0, 0.1) is 0 Å². The number of hydrogen-bond acceptors (Lipinski definition) is 1. The van der Waals surface area contributed by atoms with Crippen LogP contribution < -0.4 is 0 Å². The van der Waals surface area contributed by atoms with Crippen molar-refractivity contribution in [1.29, 1.82) is 0 Å². The van der Waals surface area contributed by atoms with E-state index in [1.165, 1.54) is 25.0 Å². The highest BCUT2D eigenvalue weighted by Crippen LogP contribution is 2.40. The molecule has 1 aliphatic rings. The Kier molecular flexibility index (Phi) is 2.44. The van der Waals surface area contributed by atoms with E-state index in [4.69, 9.17) is 11.6 Å². The van der Waals surface area contributed by atoms with Gasteiger partial charge in [0.25, 0.3) is 0 Å². The summed E-state index contributed by atoms with van der Waals surface area (Å²) in [5, 5.41) is 5.17. The Labute approximate surface area is 99.9 Å². The van der Waals surface area contributed by atoms with Gasteiger partial charge in [-0.15, -0.1) is 0 Å². The molecule has 1 fully saturated rings. The first-order valence-corrected chi connectivity index (χ1v) is 6.03. The SMILES string of the molecule is Clc1cnn(-c2ccccc2)c1C1CCC1. The van der Waals surface area contributed by atoms with Gasteiger partial charge in [0.1, 0.15) is 0 Å². The summed E-state index contributed by atoms with van der Waals surface area (Å²) in [5.41, 5.74) is 2.27. The highest BCUT2D eigenvalue weighted by atomic mass is 35.5. The van der Waals surface area contributed by atoms with Gasteiger partial charge in [-0.05, 0) is 25.0 Å². The third kappa shape index (κ3) is 1.54. The minimum atomic E-state index is 0.593. The number of aromatic nitrogens is 2. The van der Waals surface area contributed by atoms with Gasteiger partial charge in [-0.25, -0.2) is 4.68 Å². The van der Waals surface area contributed by atoms with E-state index >= 15 is 0 Å². The fourth-order valence-corrected chi connectivity index (χ4v) is 2.44. The zero-order valence-corrected chi connectivity index (χ0v) is 9.69. The van der Waals surface area contributed by atoms with Crippen molar-refractivity contribution in [1.82, 2.24) is 9.78 Å². The average molecular weight is 233 g/mol. The monoisotopic (exact) mass is 232 g/mol. The van der Waals surface area contributed by atoms with Crippen LogP contribution in [0.1, 0.15) is 30.9 Å².